The van der Waals surface area contributed by atoms with E-state index in [2.05, 4.69) is 55.4 Å². The largest absolute Gasteiger partial charge is 0.414 e. The van der Waals surface area contributed by atoms with Crippen LogP contribution in [0.25, 0.3) is 11.2 Å². The Kier molecular flexibility index (Phi) is 5.34. The normalized spacial score (nSPS) is 30.1. The molecule has 0 bridgehead atoms. The fourth-order valence-electron chi connectivity index (χ4n) is 4.25. The molecule has 0 radical (unpaired) electrons. The fraction of sp³-hybridized carbons (Fsp3) is 0.682. The molecule has 2 aromatic rings. The molecule has 2 N–H and O–H groups in total. The van der Waals surface area contributed by atoms with Crippen LogP contribution in [0.5, 0.6) is 0 Å². The lowest BCUT2D eigenvalue weighted by molar-refractivity contribution is -0.213. The highest BCUT2D eigenvalue weighted by Crippen LogP contribution is 2.55. The minimum absolute atomic E-state index is 0.0811. The first kappa shape index (κ1) is 23.3. The van der Waals surface area contributed by atoms with Crippen LogP contribution in [-0.4, -0.2) is 58.0 Å². The molecule has 2 saturated heterocycles. The fourth-order valence-corrected chi connectivity index (χ4v) is 5.27. The molecule has 176 valence electrons. The van der Waals surface area contributed by atoms with Crippen LogP contribution in [0.3, 0.4) is 0 Å². The quantitative estimate of drug-likeness (QED) is 0.529. The zero-order valence-electron chi connectivity index (χ0n) is 20.3. The third kappa shape index (κ3) is 3.49. The zero-order chi connectivity index (χ0) is 23.7. The number of rotatable bonds is 5. The van der Waals surface area contributed by atoms with E-state index < -0.39 is 32.0 Å². The highest BCUT2D eigenvalue weighted by Gasteiger charge is 2.67. The Hall–Kier alpha value is -1.85. The number of aromatic nitrogens is 4. The number of nitrogen functional groups attached to an aromatic ring is 1. The first-order chi connectivity index (χ1) is 14.7. The highest BCUT2D eigenvalue weighted by atomic mass is 28.4. The molecule has 32 heavy (non-hydrogen) atoms. The topological polar surface area (TPSA) is 107 Å². The summed E-state index contributed by atoms with van der Waals surface area (Å²) < 4.78 is 27.9. The van der Waals surface area contributed by atoms with E-state index in [9.17, 15) is 0 Å². The van der Waals surface area contributed by atoms with E-state index in [-0.39, 0.29) is 11.1 Å². The predicted molar refractivity (Wildman–Crippen MR) is 124 cm³/mol. The van der Waals surface area contributed by atoms with Gasteiger partial charge in [-0.3, -0.25) is 4.57 Å². The summed E-state index contributed by atoms with van der Waals surface area (Å²) in [5.41, 5.74) is 6.98. The van der Waals surface area contributed by atoms with E-state index in [0.717, 1.165) is 5.57 Å². The van der Waals surface area contributed by atoms with Crippen molar-refractivity contribution in [2.45, 2.75) is 89.5 Å². The Morgan fingerprint density at radius 1 is 1.28 bits per heavy atom. The average molecular weight is 462 g/mol. The van der Waals surface area contributed by atoms with Crippen molar-refractivity contribution >= 4 is 25.3 Å². The van der Waals surface area contributed by atoms with Gasteiger partial charge < -0.3 is 24.4 Å². The van der Waals surface area contributed by atoms with Crippen LogP contribution in [0.1, 0.15) is 47.8 Å². The van der Waals surface area contributed by atoms with E-state index in [4.69, 9.17) is 24.4 Å². The van der Waals surface area contributed by atoms with E-state index in [1.54, 1.807) is 6.33 Å². The van der Waals surface area contributed by atoms with Crippen LogP contribution in [0.4, 0.5) is 5.82 Å². The van der Waals surface area contributed by atoms with Gasteiger partial charge in [0.15, 0.2) is 37.4 Å². The molecule has 4 rings (SSSR count). The Labute approximate surface area is 190 Å². The molecule has 2 aliphatic rings. The van der Waals surface area contributed by atoms with Crippen molar-refractivity contribution in [3.8, 4) is 0 Å². The van der Waals surface area contributed by atoms with Gasteiger partial charge in [-0.05, 0) is 44.5 Å². The van der Waals surface area contributed by atoms with Crippen molar-refractivity contribution in [2.24, 2.45) is 0 Å². The molecule has 9 nitrogen and oxygen atoms in total. The van der Waals surface area contributed by atoms with Gasteiger partial charge in [-0.15, -0.1) is 0 Å². The summed E-state index contributed by atoms with van der Waals surface area (Å²) in [5.74, 6) is -0.500. The lowest BCUT2D eigenvalue weighted by Gasteiger charge is -2.37. The van der Waals surface area contributed by atoms with Gasteiger partial charge >= 0.3 is 0 Å². The molecule has 2 aliphatic heterocycles. The SMILES string of the molecule is C=C(C)[C@@]12OC(C)(C)O[C@@H]1[C@@H](CO[Si](C)(C)C(C)(C)C)O[C@H]2n1cnc2c(N)ncnc21. The number of ether oxygens (including phenoxy) is 3. The van der Waals surface area contributed by atoms with Gasteiger partial charge in [-0.2, -0.15) is 0 Å². The maximum atomic E-state index is 6.60. The Morgan fingerprint density at radius 2 is 1.97 bits per heavy atom. The molecule has 10 heteroatoms. The van der Waals surface area contributed by atoms with E-state index in [0.29, 0.717) is 23.6 Å². The number of anilines is 1. The maximum absolute atomic E-state index is 6.60. The van der Waals surface area contributed by atoms with Gasteiger partial charge in [0.1, 0.15) is 24.1 Å². The van der Waals surface area contributed by atoms with Gasteiger partial charge in [0.2, 0.25) is 0 Å². The zero-order valence-corrected chi connectivity index (χ0v) is 21.3. The van der Waals surface area contributed by atoms with Crippen LogP contribution < -0.4 is 5.73 Å². The van der Waals surface area contributed by atoms with Crippen molar-refractivity contribution < 1.29 is 18.6 Å². The Morgan fingerprint density at radius 3 is 2.59 bits per heavy atom. The monoisotopic (exact) mass is 461 g/mol. The summed E-state index contributed by atoms with van der Waals surface area (Å²) in [5, 5.41) is 0.0811. The number of nitrogens with zero attached hydrogens (tertiary/aromatic N) is 4. The van der Waals surface area contributed by atoms with Gasteiger partial charge in [-0.25, -0.2) is 15.0 Å². The summed E-state index contributed by atoms with van der Waals surface area (Å²) >= 11 is 0. The van der Waals surface area contributed by atoms with E-state index >= 15 is 0 Å². The minimum Gasteiger partial charge on any atom is -0.414 e. The minimum atomic E-state index is -2.00. The summed E-state index contributed by atoms with van der Waals surface area (Å²) in [4.78, 5) is 12.9. The molecule has 0 spiro atoms. The summed E-state index contributed by atoms with van der Waals surface area (Å²) in [6, 6.07) is 0. The maximum Gasteiger partial charge on any atom is 0.192 e. The molecule has 2 aromatic heterocycles. The molecule has 2 fully saturated rings. The van der Waals surface area contributed by atoms with Crippen molar-refractivity contribution in [3.05, 3.63) is 24.8 Å². The molecule has 0 aliphatic carbocycles. The van der Waals surface area contributed by atoms with Gasteiger partial charge in [-0.1, -0.05) is 27.4 Å². The van der Waals surface area contributed by atoms with Crippen LogP contribution in [0.15, 0.2) is 24.8 Å². The number of hydrogen-bond donors (Lipinski definition) is 1. The smallest absolute Gasteiger partial charge is 0.192 e. The van der Waals surface area contributed by atoms with Crippen molar-refractivity contribution in [3.63, 3.8) is 0 Å². The average Bonchev–Trinajstić information content (AvgIpc) is 3.28. The third-order valence-corrected chi connectivity index (χ3v) is 11.5. The third-order valence-electron chi connectivity index (χ3n) is 6.98. The highest BCUT2D eigenvalue weighted by molar-refractivity contribution is 6.74. The molecule has 0 saturated carbocycles. The second-order valence-electron chi connectivity index (χ2n) is 10.8. The lowest BCUT2D eigenvalue weighted by Crippen LogP contribution is -2.47. The molecular weight excluding hydrogens is 426 g/mol. The Bertz CT molecular complexity index is 1050. The summed E-state index contributed by atoms with van der Waals surface area (Å²) in [6.45, 7) is 21.5. The summed E-state index contributed by atoms with van der Waals surface area (Å²) in [7, 11) is -2.00. The van der Waals surface area contributed by atoms with Crippen LogP contribution in [0.2, 0.25) is 18.1 Å². The molecule has 0 unspecified atom stereocenters. The van der Waals surface area contributed by atoms with Crippen LogP contribution in [0, 0.1) is 0 Å². The predicted octanol–water partition coefficient (Wildman–Crippen LogP) is 3.79. The van der Waals surface area contributed by atoms with Crippen molar-refractivity contribution in [2.75, 3.05) is 12.3 Å². The van der Waals surface area contributed by atoms with E-state index in [1.807, 2.05) is 25.3 Å². The summed E-state index contributed by atoms with van der Waals surface area (Å²) in [6.07, 6.45) is 1.72. The van der Waals surface area contributed by atoms with Gasteiger partial charge in [0.05, 0.1) is 12.9 Å². The van der Waals surface area contributed by atoms with Crippen LogP contribution in [-0.2, 0) is 18.6 Å². The molecular formula is C22H35N5O4Si. The first-order valence-electron chi connectivity index (χ1n) is 11.0. The lowest BCUT2D eigenvalue weighted by atomic mass is 9.87. The number of fused-ring (bicyclic) bond motifs is 2. The molecule has 4 heterocycles. The van der Waals surface area contributed by atoms with Crippen molar-refractivity contribution in [1.82, 2.24) is 19.5 Å². The first-order valence-corrected chi connectivity index (χ1v) is 13.9. The standard InChI is InChI=1S/C22H35N5O4Si/c1-13(2)22-16(30-21(6,7)31-22)14(10-28-32(8,9)20(3,4)5)29-19(22)27-12-26-15-17(23)24-11-25-18(15)27/h11-12,14,16,19H,1,10H2,2-9H3,(H2,23,24,25)/t14-,16-,19-,22-/m1/s1. The van der Waals surface area contributed by atoms with Gasteiger partial charge in [0.25, 0.3) is 0 Å². The second-order valence-corrected chi connectivity index (χ2v) is 15.6. The molecule has 4 atom stereocenters. The second kappa shape index (κ2) is 7.32. The van der Waals surface area contributed by atoms with Crippen LogP contribution >= 0.6 is 0 Å². The number of nitrogens with two attached hydrogens (primary N) is 1. The van der Waals surface area contributed by atoms with Crippen molar-refractivity contribution in [1.29, 1.82) is 0 Å². The number of imidazole rings is 1. The molecule has 0 amide bonds. The number of hydrogen-bond acceptors (Lipinski definition) is 8. The Balaban J connectivity index is 1.76. The van der Waals surface area contributed by atoms with E-state index in [1.165, 1.54) is 6.33 Å². The molecule has 0 aromatic carbocycles. The van der Waals surface area contributed by atoms with Gasteiger partial charge in [0, 0.05) is 0 Å².